The van der Waals surface area contributed by atoms with Crippen molar-refractivity contribution in [1.82, 2.24) is 9.88 Å². The summed E-state index contributed by atoms with van der Waals surface area (Å²) in [5.41, 5.74) is 1.06. The highest BCUT2D eigenvalue weighted by molar-refractivity contribution is 5.77. The lowest BCUT2D eigenvalue weighted by Gasteiger charge is -1.91. The van der Waals surface area contributed by atoms with Gasteiger partial charge in [-0.25, -0.2) is 0 Å². The molecule has 0 atom stereocenters. The Kier molecular flexibility index (Phi) is 4.08. The Morgan fingerprint density at radius 2 is 1.50 bits per heavy atom. The van der Waals surface area contributed by atoms with Crippen LogP contribution in [0.25, 0.3) is 10.9 Å². The van der Waals surface area contributed by atoms with E-state index in [1.54, 1.807) is 0 Å². The van der Waals surface area contributed by atoms with Gasteiger partial charge in [-0.1, -0.05) is 24.3 Å². The van der Waals surface area contributed by atoms with Crippen molar-refractivity contribution in [3.8, 4) is 0 Å². The summed E-state index contributed by atoms with van der Waals surface area (Å²) >= 11 is 0. The monoisotopic (exact) mass is 188 g/mol. The van der Waals surface area contributed by atoms with Gasteiger partial charge in [-0.15, -0.1) is 0 Å². The third-order valence-corrected chi connectivity index (χ3v) is 1.51. The Morgan fingerprint density at radius 1 is 0.929 bits per heavy atom. The summed E-state index contributed by atoms with van der Waals surface area (Å²) < 4.78 is 0. The van der Waals surface area contributed by atoms with Crippen LogP contribution >= 0.6 is 0 Å². The Bertz CT molecular complexity index is 314. The van der Waals surface area contributed by atoms with Gasteiger partial charge in [0.1, 0.15) is 0 Å². The fourth-order valence-electron chi connectivity index (χ4n) is 1.02. The Labute approximate surface area is 85.2 Å². The van der Waals surface area contributed by atoms with Crippen LogP contribution in [0.1, 0.15) is 0 Å². The van der Waals surface area contributed by atoms with Crippen LogP contribution in [0, 0.1) is 0 Å². The van der Waals surface area contributed by atoms with Crippen LogP contribution in [0.3, 0.4) is 0 Å². The molecule has 0 radical (unpaired) electrons. The second-order valence-electron chi connectivity index (χ2n) is 3.54. The van der Waals surface area contributed by atoms with E-state index in [-0.39, 0.29) is 0 Å². The molecule has 2 nitrogen and oxygen atoms in total. The molecule has 0 bridgehead atoms. The highest BCUT2D eigenvalue weighted by Crippen LogP contribution is 2.07. The van der Waals surface area contributed by atoms with Crippen LogP contribution in [0.2, 0.25) is 0 Å². The van der Waals surface area contributed by atoms with Crippen LogP contribution in [-0.2, 0) is 0 Å². The first-order chi connectivity index (χ1) is 6.70. The fraction of sp³-hybridized carbons (Fsp3) is 0.250. The van der Waals surface area contributed by atoms with Crippen molar-refractivity contribution in [3.63, 3.8) is 0 Å². The first-order valence-electron chi connectivity index (χ1n) is 4.61. The number of para-hydroxylation sites is 1. The molecule has 0 N–H and O–H groups in total. The maximum Gasteiger partial charge on any atom is 0.0701 e. The number of nitrogens with zero attached hydrogens (tertiary/aromatic N) is 2. The maximum atomic E-state index is 4.18. The van der Waals surface area contributed by atoms with Crippen molar-refractivity contribution in [1.29, 1.82) is 0 Å². The quantitative estimate of drug-likeness (QED) is 0.631. The van der Waals surface area contributed by atoms with Crippen LogP contribution in [0.5, 0.6) is 0 Å². The van der Waals surface area contributed by atoms with Crippen molar-refractivity contribution in [2.45, 2.75) is 0 Å². The van der Waals surface area contributed by atoms with E-state index in [4.69, 9.17) is 0 Å². The molecule has 0 aliphatic rings. The minimum Gasteiger partial charge on any atom is -0.312 e. The first-order valence-corrected chi connectivity index (χ1v) is 4.61. The first kappa shape index (κ1) is 10.7. The van der Waals surface area contributed by atoms with E-state index in [0.29, 0.717) is 0 Å². The van der Waals surface area contributed by atoms with Crippen LogP contribution in [0.4, 0.5) is 0 Å². The number of pyridine rings is 1. The third kappa shape index (κ3) is 3.54. The Morgan fingerprint density at radius 3 is 2.14 bits per heavy atom. The van der Waals surface area contributed by atoms with E-state index in [1.807, 2.05) is 56.5 Å². The average Bonchev–Trinajstić information content (AvgIpc) is 2.17. The van der Waals surface area contributed by atoms with Crippen molar-refractivity contribution < 1.29 is 0 Å². The van der Waals surface area contributed by atoms with Gasteiger partial charge in [0, 0.05) is 11.6 Å². The average molecular weight is 188 g/mol. The number of hydrogen-bond acceptors (Lipinski definition) is 2. The van der Waals surface area contributed by atoms with Gasteiger partial charge in [0.25, 0.3) is 0 Å². The topological polar surface area (TPSA) is 16.1 Å². The van der Waals surface area contributed by atoms with E-state index in [9.17, 15) is 0 Å². The van der Waals surface area contributed by atoms with Crippen molar-refractivity contribution in [2.24, 2.45) is 0 Å². The molecule has 0 aliphatic carbocycles. The summed E-state index contributed by atoms with van der Waals surface area (Å²) in [5, 5.41) is 1.20. The summed E-state index contributed by atoms with van der Waals surface area (Å²) in [6.45, 7) is 0. The maximum absolute atomic E-state index is 4.18. The summed E-state index contributed by atoms with van der Waals surface area (Å²) in [7, 11) is 6.00. The van der Waals surface area contributed by atoms with Gasteiger partial charge in [-0.3, -0.25) is 4.98 Å². The molecule has 2 rings (SSSR count). The SMILES string of the molecule is CN(C)C.c1ccc2ncccc2c1. The van der Waals surface area contributed by atoms with Crippen molar-refractivity contribution >= 4 is 10.9 Å². The summed E-state index contributed by atoms with van der Waals surface area (Å²) in [5.74, 6) is 0. The lowest BCUT2D eigenvalue weighted by molar-refractivity contribution is 0.505. The number of rotatable bonds is 0. The van der Waals surface area contributed by atoms with Crippen molar-refractivity contribution in [2.75, 3.05) is 21.1 Å². The molecule has 74 valence electrons. The predicted octanol–water partition coefficient (Wildman–Crippen LogP) is 2.41. The largest absolute Gasteiger partial charge is 0.312 e. The molecule has 0 unspecified atom stereocenters. The minimum absolute atomic E-state index is 1.06. The highest BCUT2D eigenvalue weighted by Gasteiger charge is 1.86. The molecule has 0 amide bonds. The standard InChI is InChI=1S/C9H7N.C3H9N/c1-2-6-9-8(4-1)5-3-7-10-9;1-4(2)3/h1-7H;1-3H3. The van der Waals surface area contributed by atoms with Gasteiger partial charge >= 0.3 is 0 Å². The normalized spacial score (nSPS) is 9.71. The molecular formula is C12H16N2. The minimum atomic E-state index is 1.06. The zero-order chi connectivity index (χ0) is 10.4. The lowest BCUT2D eigenvalue weighted by Crippen LogP contribution is -1.99. The fourth-order valence-corrected chi connectivity index (χ4v) is 1.02. The molecule has 0 aliphatic heterocycles. The molecule has 1 aromatic carbocycles. The number of fused-ring (bicyclic) bond motifs is 1. The van der Waals surface area contributed by atoms with E-state index in [0.717, 1.165) is 5.52 Å². The van der Waals surface area contributed by atoms with E-state index >= 15 is 0 Å². The molecule has 1 heterocycles. The predicted molar refractivity (Wildman–Crippen MR) is 61.4 cm³/mol. The summed E-state index contributed by atoms with van der Waals surface area (Å²) in [4.78, 5) is 6.18. The zero-order valence-corrected chi connectivity index (χ0v) is 8.94. The number of benzene rings is 1. The van der Waals surface area contributed by atoms with Gasteiger partial charge < -0.3 is 4.90 Å². The van der Waals surface area contributed by atoms with Crippen LogP contribution < -0.4 is 0 Å². The molecule has 1 aromatic heterocycles. The van der Waals surface area contributed by atoms with Gasteiger partial charge in [-0.05, 0) is 33.3 Å². The lowest BCUT2D eigenvalue weighted by atomic mass is 10.2. The number of aromatic nitrogens is 1. The molecule has 2 aromatic rings. The molecular weight excluding hydrogens is 172 g/mol. The molecule has 0 saturated heterocycles. The zero-order valence-electron chi connectivity index (χ0n) is 8.94. The van der Waals surface area contributed by atoms with Gasteiger partial charge in [0.15, 0.2) is 0 Å². The van der Waals surface area contributed by atoms with Crippen LogP contribution in [-0.4, -0.2) is 31.0 Å². The van der Waals surface area contributed by atoms with Gasteiger partial charge in [0.2, 0.25) is 0 Å². The van der Waals surface area contributed by atoms with E-state index in [2.05, 4.69) is 17.1 Å². The molecule has 2 heteroatoms. The van der Waals surface area contributed by atoms with Gasteiger partial charge in [-0.2, -0.15) is 0 Å². The smallest absolute Gasteiger partial charge is 0.0701 e. The Balaban J connectivity index is 0.000000213. The second-order valence-corrected chi connectivity index (χ2v) is 3.54. The molecule has 0 spiro atoms. The van der Waals surface area contributed by atoms with E-state index in [1.165, 1.54) is 5.39 Å². The molecule has 0 fully saturated rings. The second kappa shape index (κ2) is 5.35. The van der Waals surface area contributed by atoms with Gasteiger partial charge in [0.05, 0.1) is 5.52 Å². The van der Waals surface area contributed by atoms with Crippen molar-refractivity contribution in [3.05, 3.63) is 42.6 Å². The third-order valence-electron chi connectivity index (χ3n) is 1.51. The van der Waals surface area contributed by atoms with Crippen LogP contribution in [0.15, 0.2) is 42.6 Å². The number of hydrogen-bond donors (Lipinski definition) is 0. The molecule has 14 heavy (non-hydrogen) atoms. The summed E-state index contributed by atoms with van der Waals surface area (Å²) in [6.07, 6.45) is 1.81. The molecule has 0 saturated carbocycles. The van der Waals surface area contributed by atoms with E-state index < -0.39 is 0 Å². The Hall–Kier alpha value is -1.41. The highest BCUT2D eigenvalue weighted by atomic mass is 15.0. The summed E-state index contributed by atoms with van der Waals surface area (Å²) in [6, 6.07) is 12.1.